The first-order valence-corrected chi connectivity index (χ1v) is 7.59. The Morgan fingerprint density at radius 1 is 1.05 bits per heavy atom. The molecule has 1 saturated carbocycles. The molecule has 0 aliphatic heterocycles. The molecular formula is C17H22O4. The number of hydrogen-bond acceptors (Lipinski definition) is 4. The summed E-state index contributed by atoms with van der Waals surface area (Å²) >= 11 is 0. The van der Waals surface area contributed by atoms with Crippen LogP contribution in [0.4, 0.5) is 0 Å². The molecule has 1 aliphatic rings. The SMILES string of the molecule is CC(C)OC(=O)c1ccc(OC(=O)C2CCCCC2)cc1. The van der Waals surface area contributed by atoms with E-state index in [0.717, 1.165) is 25.7 Å². The van der Waals surface area contributed by atoms with Gasteiger partial charge >= 0.3 is 11.9 Å². The Morgan fingerprint density at radius 2 is 1.67 bits per heavy atom. The first-order valence-electron chi connectivity index (χ1n) is 7.59. The second-order valence-electron chi connectivity index (χ2n) is 5.73. The predicted molar refractivity (Wildman–Crippen MR) is 79.2 cm³/mol. The normalized spacial score (nSPS) is 15.8. The number of benzene rings is 1. The molecule has 1 aromatic rings. The summed E-state index contributed by atoms with van der Waals surface area (Å²) < 4.78 is 10.5. The smallest absolute Gasteiger partial charge is 0.338 e. The molecular weight excluding hydrogens is 268 g/mol. The van der Waals surface area contributed by atoms with Crippen molar-refractivity contribution in [3.63, 3.8) is 0 Å². The zero-order chi connectivity index (χ0) is 15.2. The molecule has 4 heteroatoms. The number of rotatable bonds is 4. The summed E-state index contributed by atoms with van der Waals surface area (Å²) in [6.07, 6.45) is 5.08. The van der Waals surface area contributed by atoms with Crippen molar-refractivity contribution in [1.29, 1.82) is 0 Å². The van der Waals surface area contributed by atoms with Crippen LogP contribution in [0.3, 0.4) is 0 Å². The number of carbonyl (C=O) groups excluding carboxylic acids is 2. The largest absolute Gasteiger partial charge is 0.459 e. The van der Waals surface area contributed by atoms with E-state index in [1.807, 2.05) is 0 Å². The van der Waals surface area contributed by atoms with E-state index < -0.39 is 0 Å². The van der Waals surface area contributed by atoms with Crippen LogP contribution >= 0.6 is 0 Å². The van der Waals surface area contributed by atoms with E-state index in [2.05, 4.69) is 0 Å². The molecule has 2 rings (SSSR count). The lowest BCUT2D eigenvalue weighted by Gasteiger charge is -2.19. The summed E-state index contributed by atoms with van der Waals surface area (Å²) in [4.78, 5) is 23.7. The van der Waals surface area contributed by atoms with Gasteiger partial charge in [-0.05, 0) is 51.0 Å². The molecule has 0 N–H and O–H groups in total. The lowest BCUT2D eigenvalue weighted by molar-refractivity contribution is -0.139. The minimum Gasteiger partial charge on any atom is -0.459 e. The molecule has 1 aromatic carbocycles. The molecule has 0 spiro atoms. The van der Waals surface area contributed by atoms with Gasteiger partial charge in [0, 0.05) is 0 Å². The van der Waals surface area contributed by atoms with Crippen molar-refractivity contribution >= 4 is 11.9 Å². The summed E-state index contributed by atoms with van der Waals surface area (Å²) in [5.74, 6) is -0.0293. The third-order valence-corrected chi connectivity index (χ3v) is 3.59. The number of carbonyl (C=O) groups is 2. The third kappa shape index (κ3) is 4.59. The fourth-order valence-corrected chi connectivity index (χ4v) is 2.48. The fraction of sp³-hybridized carbons (Fsp3) is 0.529. The quantitative estimate of drug-likeness (QED) is 0.626. The maximum Gasteiger partial charge on any atom is 0.338 e. The summed E-state index contributed by atoms with van der Waals surface area (Å²) in [6.45, 7) is 3.61. The lowest BCUT2D eigenvalue weighted by Crippen LogP contribution is -2.22. The average molecular weight is 290 g/mol. The first-order chi connectivity index (χ1) is 10.1. The Kier molecular flexibility index (Phi) is 5.37. The molecule has 0 heterocycles. The van der Waals surface area contributed by atoms with Crippen molar-refractivity contribution in [2.45, 2.75) is 52.1 Å². The Balaban J connectivity index is 1.92. The summed E-state index contributed by atoms with van der Waals surface area (Å²) in [5.41, 5.74) is 0.459. The van der Waals surface area contributed by atoms with E-state index in [9.17, 15) is 9.59 Å². The Bertz CT molecular complexity index is 484. The van der Waals surface area contributed by atoms with E-state index in [-0.39, 0.29) is 24.0 Å². The molecule has 1 fully saturated rings. The molecule has 0 bridgehead atoms. The van der Waals surface area contributed by atoms with E-state index in [4.69, 9.17) is 9.47 Å². The maximum absolute atomic E-state index is 12.0. The molecule has 0 saturated heterocycles. The monoisotopic (exact) mass is 290 g/mol. The highest BCUT2D eigenvalue weighted by Gasteiger charge is 2.23. The van der Waals surface area contributed by atoms with Crippen LogP contribution in [-0.2, 0) is 9.53 Å². The maximum atomic E-state index is 12.0. The molecule has 0 unspecified atom stereocenters. The van der Waals surface area contributed by atoms with Gasteiger partial charge in [0.25, 0.3) is 0 Å². The van der Waals surface area contributed by atoms with Crippen LogP contribution in [0.5, 0.6) is 5.75 Å². The first kappa shape index (κ1) is 15.5. The van der Waals surface area contributed by atoms with Gasteiger partial charge in [-0.25, -0.2) is 4.79 Å². The van der Waals surface area contributed by atoms with Crippen molar-refractivity contribution < 1.29 is 19.1 Å². The molecule has 114 valence electrons. The van der Waals surface area contributed by atoms with Gasteiger partial charge in [-0.15, -0.1) is 0 Å². The fourth-order valence-electron chi connectivity index (χ4n) is 2.48. The minimum absolute atomic E-state index is 0.0179. The highest BCUT2D eigenvalue weighted by molar-refractivity contribution is 5.89. The molecule has 0 amide bonds. The topological polar surface area (TPSA) is 52.6 Å². The van der Waals surface area contributed by atoms with Crippen LogP contribution in [0, 0.1) is 5.92 Å². The van der Waals surface area contributed by atoms with Crippen LogP contribution in [0.1, 0.15) is 56.3 Å². The van der Waals surface area contributed by atoms with E-state index >= 15 is 0 Å². The lowest BCUT2D eigenvalue weighted by atomic mass is 9.89. The Hall–Kier alpha value is -1.84. The number of ether oxygens (including phenoxy) is 2. The van der Waals surface area contributed by atoms with Crippen LogP contribution in [0.25, 0.3) is 0 Å². The number of hydrogen-bond donors (Lipinski definition) is 0. The van der Waals surface area contributed by atoms with E-state index in [0.29, 0.717) is 11.3 Å². The molecule has 21 heavy (non-hydrogen) atoms. The minimum atomic E-state index is -0.366. The van der Waals surface area contributed by atoms with Gasteiger partial charge in [-0.1, -0.05) is 19.3 Å². The van der Waals surface area contributed by atoms with Crippen LogP contribution in [0.15, 0.2) is 24.3 Å². The summed E-state index contributed by atoms with van der Waals surface area (Å²) in [6, 6.07) is 6.51. The Labute approximate surface area is 125 Å². The van der Waals surface area contributed by atoms with Gasteiger partial charge in [0.1, 0.15) is 5.75 Å². The average Bonchev–Trinajstić information content (AvgIpc) is 2.48. The van der Waals surface area contributed by atoms with Gasteiger partial charge in [-0.3, -0.25) is 4.79 Å². The van der Waals surface area contributed by atoms with E-state index in [1.165, 1.54) is 6.42 Å². The van der Waals surface area contributed by atoms with Crippen molar-refractivity contribution in [2.24, 2.45) is 5.92 Å². The predicted octanol–water partition coefficient (Wildman–Crippen LogP) is 3.74. The second-order valence-corrected chi connectivity index (χ2v) is 5.73. The van der Waals surface area contributed by atoms with Crippen molar-refractivity contribution in [3.8, 4) is 5.75 Å². The molecule has 0 aromatic heterocycles. The van der Waals surface area contributed by atoms with Crippen molar-refractivity contribution in [3.05, 3.63) is 29.8 Å². The summed E-state index contributed by atoms with van der Waals surface area (Å²) in [7, 11) is 0. The van der Waals surface area contributed by atoms with Crippen LogP contribution in [0.2, 0.25) is 0 Å². The van der Waals surface area contributed by atoms with E-state index in [1.54, 1.807) is 38.1 Å². The van der Waals surface area contributed by atoms with Gasteiger partial charge in [0.2, 0.25) is 0 Å². The second kappa shape index (κ2) is 7.25. The summed E-state index contributed by atoms with van der Waals surface area (Å²) in [5, 5.41) is 0. The zero-order valence-corrected chi connectivity index (χ0v) is 12.6. The molecule has 1 aliphatic carbocycles. The number of esters is 2. The zero-order valence-electron chi connectivity index (χ0n) is 12.6. The molecule has 0 atom stereocenters. The highest BCUT2D eigenvalue weighted by Crippen LogP contribution is 2.25. The standard InChI is InChI=1S/C17H22O4/c1-12(2)20-16(18)14-8-10-15(11-9-14)21-17(19)13-6-4-3-5-7-13/h8-13H,3-7H2,1-2H3. The van der Waals surface area contributed by atoms with Gasteiger partial charge in [0.05, 0.1) is 17.6 Å². The van der Waals surface area contributed by atoms with Gasteiger partial charge in [0.15, 0.2) is 0 Å². The molecule has 4 nitrogen and oxygen atoms in total. The third-order valence-electron chi connectivity index (χ3n) is 3.59. The van der Waals surface area contributed by atoms with Gasteiger partial charge in [-0.2, -0.15) is 0 Å². The van der Waals surface area contributed by atoms with Crippen LogP contribution < -0.4 is 4.74 Å². The van der Waals surface area contributed by atoms with Crippen molar-refractivity contribution in [2.75, 3.05) is 0 Å². The highest BCUT2D eigenvalue weighted by atomic mass is 16.5. The van der Waals surface area contributed by atoms with Crippen molar-refractivity contribution in [1.82, 2.24) is 0 Å². The van der Waals surface area contributed by atoms with Crippen LogP contribution in [-0.4, -0.2) is 18.0 Å². The van der Waals surface area contributed by atoms with Gasteiger partial charge < -0.3 is 9.47 Å². The Morgan fingerprint density at radius 3 is 2.24 bits per heavy atom. The molecule has 0 radical (unpaired) electrons.